The van der Waals surface area contributed by atoms with Crippen molar-refractivity contribution in [1.82, 2.24) is 15.5 Å². The van der Waals surface area contributed by atoms with E-state index in [0.717, 1.165) is 4.90 Å². The van der Waals surface area contributed by atoms with Gasteiger partial charge in [-0.25, -0.2) is 4.79 Å². The third-order valence-corrected chi connectivity index (χ3v) is 5.82. The molecule has 4 rings (SSSR count). The normalized spacial score (nSPS) is 24.2. The van der Waals surface area contributed by atoms with E-state index in [1.165, 1.54) is 19.2 Å². The van der Waals surface area contributed by atoms with Gasteiger partial charge in [-0.1, -0.05) is 0 Å². The Kier molecular flexibility index (Phi) is 5.96. The second kappa shape index (κ2) is 8.62. The minimum absolute atomic E-state index is 0.0419. The van der Waals surface area contributed by atoms with Gasteiger partial charge in [0.2, 0.25) is 11.8 Å². The monoisotopic (exact) mass is 473 g/mol. The van der Waals surface area contributed by atoms with Crippen molar-refractivity contribution in [2.45, 2.75) is 70.2 Å². The van der Waals surface area contributed by atoms with Crippen LogP contribution in [0.1, 0.15) is 67.2 Å². The van der Waals surface area contributed by atoms with Crippen molar-refractivity contribution in [2.75, 3.05) is 7.11 Å². The second-order valence-electron chi connectivity index (χ2n) is 9.61. The van der Waals surface area contributed by atoms with Crippen LogP contribution in [0.5, 0.6) is 11.5 Å². The third kappa shape index (κ3) is 4.55. The average molecular weight is 473 g/mol. The van der Waals surface area contributed by atoms with Crippen LogP contribution in [0.15, 0.2) is 12.1 Å². The predicted octanol–water partition coefficient (Wildman–Crippen LogP) is 1.53. The van der Waals surface area contributed by atoms with Gasteiger partial charge in [-0.15, -0.1) is 0 Å². The van der Waals surface area contributed by atoms with E-state index in [4.69, 9.17) is 14.2 Å². The Morgan fingerprint density at radius 2 is 1.65 bits per heavy atom. The Balaban J connectivity index is 1.44. The number of nitrogens with zero attached hydrogens (tertiary/aromatic N) is 1. The maximum Gasteiger partial charge on any atom is 0.407 e. The van der Waals surface area contributed by atoms with Crippen molar-refractivity contribution in [3.63, 3.8) is 0 Å². The SMILES string of the molecule is COc1cc2c(cc1OC1CC(OC(=O)NC(C)(C)C)C1)C(=O)N(C1CCC(=O)NC1=O)C2=O. The lowest BCUT2D eigenvalue weighted by atomic mass is 9.92. The zero-order valence-corrected chi connectivity index (χ0v) is 19.4. The summed E-state index contributed by atoms with van der Waals surface area (Å²) in [7, 11) is 1.41. The number of methoxy groups -OCH3 is 1. The fraction of sp³-hybridized carbons (Fsp3) is 0.522. The van der Waals surface area contributed by atoms with Gasteiger partial charge in [0.15, 0.2) is 11.5 Å². The van der Waals surface area contributed by atoms with Crippen LogP contribution in [0.3, 0.4) is 0 Å². The summed E-state index contributed by atoms with van der Waals surface area (Å²) in [5.41, 5.74) is -0.199. The van der Waals surface area contributed by atoms with Crippen molar-refractivity contribution in [2.24, 2.45) is 0 Å². The van der Waals surface area contributed by atoms with Gasteiger partial charge in [0.25, 0.3) is 11.8 Å². The molecule has 1 unspecified atom stereocenters. The lowest BCUT2D eigenvalue weighted by Crippen LogP contribution is -2.54. The molecule has 1 aromatic rings. The highest BCUT2D eigenvalue weighted by molar-refractivity contribution is 6.23. The van der Waals surface area contributed by atoms with Gasteiger partial charge < -0.3 is 19.5 Å². The van der Waals surface area contributed by atoms with Crippen molar-refractivity contribution >= 4 is 29.7 Å². The maximum absolute atomic E-state index is 13.0. The molecule has 2 heterocycles. The van der Waals surface area contributed by atoms with Gasteiger partial charge in [0.1, 0.15) is 18.2 Å². The Bertz CT molecular complexity index is 1070. The summed E-state index contributed by atoms with van der Waals surface area (Å²) in [4.78, 5) is 62.4. The molecule has 1 aromatic carbocycles. The number of fused-ring (bicyclic) bond motifs is 1. The van der Waals surface area contributed by atoms with Crippen LogP contribution < -0.4 is 20.1 Å². The molecular formula is C23H27N3O8. The average Bonchev–Trinajstić information content (AvgIpc) is 2.94. The second-order valence-corrected chi connectivity index (χ2v) is 9.61. The highest BCUT2D eigenvalue weighted by atomic mass is 16.6. The Morgan fingerprint density at radius 1 is 1.03 bits per heavy atom. The molecule has 1 aliphatic carbocycles. The van der Waals surface area contributed by atoms with Gasteiger partial charge in [0.05, 0.1) is 18.2 Å². The van der Waals surface area contributed by atoms with E-state index in [2.05, 4.69) is 10.6 Å². The molecule has 2 fully saturated rings. The molecule has 1 saturated carbocycles. The van der Waals surface area contributed by atoms with Crippen LogP contribution in [0, 0.1) is 0 Å². The lowest BCUT2D eigenvalue weighted by molar-refractivity contribution is -0.136. The minimum atomic E-state index is -1.05. The molecule has 11 nitrogen and oxygen atoms in total. The standard InChI is InChI=1S/C23H27N3O8/c1-23(2,3)25-22(31)34-12-7-11(8-12)33-17-10-14-13(9-16(17)32-4)20(29)26(21(14)30)15-5-6-18(27)24-19(15)28/h9-12,15H,5-8H2,1-4H3,(H,25,31)(H,24,27,28). The summed E-state index contributed by atoms with van der Waals surface area (Å²) in [5.74, 6) is -1.83. The maximum atomic E-state index is 13.0. The van der Waals surface area contributed by atoms with Crippen molar-refractivity contribution in [3.8, 4) is 11.5 Å². The van der Waals surface area contributed by atoms with Crippen molar-refractivity contribution in [3.05, 3.63) is 23.3 Å². The number of nitrogens with one attached hydrogen (secondary N) is 2. The molecule has 1 saturated heterocycles. The van der Waals surface area contributed by atoms with Gasteiger partial charge in [-0.3, -0.25) is 29.4 Å². The number of carbonyl (C=O) groups excluding carboxylic acids is 5. The van der Waals surface area contributed by atoms with Crippen molar-refractivity contribution < 1.29 is 38.2 Å². The van der Waals surface area contributed by atoms with E-state index in [1.54, 1.807) is 0 Å². The van der Waals surface area contributed by atoms with E-state index in [0.29, 0.717) is 12.8 Å². The number of benzene rings is 1. The zero-order valence-electron chi connectivity index (χ0n) is 19.4. The van der Waals surface area contributed by atoms with Crippen LogP contribution in [-0.4, -0.2) is 65.5 Å². The number of amides is 5. The summed E-state index contributed by atoms with van der Waals surface area (Å²) in [6.45, 7) is 5.57. The van der Waals surface area contributed by atoms with Gasteiger partial charge >= 0.3 is 6.09 Å². The number of imide groups is 2. The van der Waals surface area contributed by atoms with Crippen LogP contribution in [0.2, 0.25) is 0 Å². The summed E-state index contributed by atoms with van der Waals surface area (Å²) >= 11 is 0. The van der Waals surface area contributed by atoms with E-state index in [-0.39, 0.29) is 47.7 Å². The van der Waals surface area contributed by atoms with Gasteiger partial charge in [-0.2, -0.15) is 0 Å². The Hall–Kier alpha value is -3.63. The number of hydrogen-bond acceptors (Lipinski definition) is 8. The molecule has 5 amide bonds. The fourth-order valence-electron chi connectivity index (χ4n) is 4.11. The van der Waals surface area contributed by atoms with Crippen LogP contribution in [0.4, 0.5) is 4.79 Å². The lowest BCUT2D eigenvalue weighted by Gasteiger charge is -2.35. The molecule has 0 spiro atoms. The van der Waals surface area contributed by atoms with Crippen LogP contribution in [0.25, 0.3) is 0 Å². The number of alkyl carbamates (subject to hydrolysis) is 1. The highest BCUT2D eigenvalue weighted by Crippen LogP contribution is 2.39. The van der Waals surface area contributed by atoms with Crippen LogP contribution in [-0.2, 0) is 14.3 Å². The van der Waals surface area contributed by atoms with E-state index in [1.807, 2.05) is 20.8 Å². The number of hydrogen-bond donors (Lipinski definition) is 2. The highest BCUT2D eigenvalue weighted by Gasteiger charge is 2.45. The molecule has 182 valence electrons. The van der Waals surface area contributed by atoms with Gasteiger partial charge in [-0.05, 0) is 39.3 Å². The van der Waals surface area contributed by atoms with Crippen molar-refractivity contribution in [1.29, 1.82) is 0 Å². The first-order valence-corrected chi connectivity index (χ1v) is 11.1. The Morgan fingerprint density at radius 3 is 2.21 bits per heavy atom. The first-order chi connectivity index (χ1) is 16.0. The number of ether oxygens (including phenoxy) is 3. The molecule has 0 aromatic heterocycles. The number of carbonyl (C=O) groups is 5. The fourth-order valence-corrected chi connectivity index (χ4v) is 4.11. The molecule has 34 heavy (non-hydrogen) atoms. The number of piperidine rings is 1. The Labute approximate surface area is 196 Å². The number of rotatable bonds is 5. The third-order valence-electron chi connectivity index (χ3n) is 5.82. The first-order valence-electron chi connectivity index (χ1n) is 11.1. The van der Waals surface area contributed by atoms with E-state index >= 15 is 0 Å². The smallest absolute Gasteiger partial charge is 0.407 e. The molecule has 2 aliphatic heterocycles. The summed E-state index contributed by atoms with van der Waals surface area (Å²) in [5, 5.41) is 4.90. The first kappa shape index (κ1) is 23.5. The summed E-state index contributed by atoms with van der Waals surface area (Å²) in [6, 6.07) is 1.80. The quantitative estimate of drug-likeness (QED) is 0.614. The van der Waals surface area contributed by atoms with Gasteiger partial charge in [0, 0.05) is 24.8 Å². The molecule has 0 radical (unpaired) electrons. The zero-order chi connectivity index (χ0) is 24.8. The largest absolute Gasteiger partial charge is 0.493 e. The van der Waals surface area contributed by atoms with Crippen LogP contribution >= 0.6 is 0 Å². The van der Waals surface area contributed by atoms with E-state index < -0.39 is 41.3 Å². The molecule has 0 bridgehead atoms. The molecule has 11 heteroatoms. The molecule has 3 aliphatic rings. The molecule has 2 N–H and O–H groups in total. The van der Waals surface area contributed by atoms with E-state index in [9.17, 15) is 24.0 Å². The summed E-state index contributed by atoms with van der Waals surface area (Å²) < 4.78 is 16.7. The predicted molar refractivity (Wildman–Crippen MR) is 116 cm³/mol. The summed E-state index contributed by atoms with van der Waals surface area (Å²) in [6.07, 6.45) is -0.0102. The minimum Gasteiger partial charge on any atom is -0.493 e. The molecular weight excluding hydrogens is 446 g/mol. The molecule has 1 atom stereocenters. The topological polar surface area (TPSA) is 140 Å².